The van der Waals surface area contributed by atoms with E-state index >= 15 is 0 Å². The average molecular weight is 910 g/mol. The number of aromatic nitrogens is 9. The molecule has 7 aromatic carbocycles. The van der Waals surface area contributed by atoms with Crippen molar-refractivity contribution in [1.29, 1.82) is 0 Å². The molecule has 10 heteroatoms. The maximum atomic E-state index is 6.68. The fraction of sp³-hybridized carbons (Fsp3) is 0. The highest BCUT2D eigenvalue weighted by atomic mass is 16.3. The summed E-state index contributed by atoms with van der Waals surface area (Å²) < 4.78 is 6.68. The van der Waals surface area contributed by atoms with Crippen molar-refractivity contribution in [3.63, 3.8) is 0 Å². The van der Waals surface area contributed by atoms with Crippen LogP contribution < -0.4 is 0 Å². The molecule has 14 rings (SSSR count). The highest BCUT2D eigenvalue weighted by Crippen LogP contribution is 2.39. The van der Waals surface area contributed by atoms with Crippen molar-refractivity contribution in [2.75, 3.05) is 0 Å². The molecule has 0 aliphatic rings. The van der Waals surface area contributed by atoms with Gasteiger partial charge in [-0.2, -0.15) is 0 Å². The van der Waals surface area contributed by atoms with E-state index in [1.807, 2.05) is 116 Å². The Balaban J connectivity index is 1.06. The minimum absolute atomic E-state index is 0.431. The predicted molar refractivity (Wildman–Crippen MR) is 282 cm³/mol. The Morgan fingerprint density at radius 1 is 0.282 bits per heavy atom. The van der Waals surface area contributed by atoms with Crippen LogP contribution in [0, 0.1) is 0 Å². The third-order valence-electron chi connectivity index (χ3n) is 13.1. The van der Waals surface area contributed by atoms with Crippen LogP contribution in [-0.4, -0.2) is 44.9 Å². The highest BCUT2D eigenvalue weighted by molar-refractivity contribution is 6.04. The Labute approximate surface area is 405 Å². The molecule has 0 aliphatic heterocycles. The monoisotopic (exact) mass is 909 g/mol. The standard InChI is InChI=1S/C61H35N9O/c1-2-20-44-36(11-1)25-26-53-58(44)70-61(71-53)43-32-41(59-66-49(45-21-3-12-37-16-7-27-62-54(37)45)34-50(67-59)46-22-4-13-38-17-8-28-63-55(38)46)31-42(33-43)60-68-51(47-23-5-14-39-18-9-29-64-56(39)47)35-52(69-60)48-24-6-15-40-19-10-30-65-57(40)48/h1-35H. The van der Waals surface area contributed by atoms with Gasteiger partial charge in [0.2, 0.25) is 5.89 Å². The van der Waals surface area contributed by atoms with Crippen molar-refractivity contribution in [2.45, 2.75) is 0 Å². The lowest BCUT2D eigenvalue weighted by Gasteiger charge is -2.14. The van der Waals surface area contributed by atoms with Gasteiger partial charge in [-0.3, -0.25) is 19.9 Å². The molecule has 0 aliphatic carbocycles. The van der Waals surface area contributed by atoms with Gasteiger partial charge < -0.3 is 4.42 Å². The second-order valence-electron chi connectivity index (χ2n) is 17.4. The Morgan fingerprint density at radius 2 is 0.662 bits per heavy atom. The first-order valence-electron chi connectivity index (χ1n) is 23.2. The van der Waals surface area contributed by atoms with Crippen LogP contribution in [0.5, 0.6) is 0 Å². The molecule has 0 radical (unpaired) electrons. The summed E-state index contributed by atoms with van der Waals surface area (Å²) in [6.45, 7) is 0. The molecule has 330 valence electrons. The molecule has 0 atom stereocenters. The van der Waals surface area contributed by atoms with Gasteiger partial charge in [-0.25, -0.2) is 24.9 Å². The molecular formula is C61H35N9O. The third-order valence-corrected chi connectivity index (χ3v) is 13.1. The van der Waals surface area contributed by atoms with Crippen LogP contribution >= 0.6 is 0 Å². The summed E-state index contributed by atoms with van der Waals surface area (Å²) in [4.78, 5) is 46.2. The van der Waals surface area contributed by atoms with Crippen molar-refractivity contribution >= 4 is 65.5 Å². The number of pyridine rings is 4. The zero-order valence-electron chi connectivity index (χ0n) is 37.6. The van der Waals surface area contributed by atoms with Crippen LogP contribution in [-0.2, 0) is 0 Å². The van der Waals surface area contributed by atoms with E-state index in [4.69, 9.17) is 49.3 Å². The average Bonchev–Trinajstić information content (AvgIpc) is 3.90. The topological polar surface area (TPSA) is 129 Å². The second kappa shape index (κ2) is 16.4. The summed E-state index contributed by atoms with van der Waals surface area (Å²) in [5.74, 6) is 1.37. The number of oxazole rings is 1. The maximum Gasteiger partial charge on any atom is 0.227 e. The Bertz CT molecular complexity index is 4010. The molecule has 0 bridgehead atoms. The molecular weight excluding hydrogens is 875 g/mol. The van der Waals surface area contributed by atoms with Crippen LogP contribution in [0.25, 0.3) is 145 Å². The molecule has 10 nitrogen and oxygen atoms in total. The normalized spacial score (nSPS) is 11.7. The SMILES string of the molecule is c1cnc2c(-c3cc(-c4cccc5cccnc45)nc(-c4cc(-c5nc(-c6cccc7cccnc67)cc(-c6cccc7cccnc67)n5)cc(-c5nc6c(ccc7ccccc76)o5)c4)n3)cccc2c1. The lowest BCUT2D eigenvalue weighted by molar-refractivity contribution is 0.620. The largest absolute Gasteiger partial charge is 0.436 e. The Morgan fingerprint density at radius 3 is 1.10 bits per heavy atom. The first-order valence-corrected chi connectivity index (χ1v) is 23.2. The predicted octanol–water partition coefficient (Wildman–Crippen LogP) is 14.4. The summed E-state index contributed by atoms with van der Waals surface area (Å²) in [6, 6.07) is 63.1. The van der Waals surface area contributed by atoms with E-state index < -0.39 is 0 Å². The number of fused-ring (bicyclic) bond motifs is 7. The molecule has 14 aromatic rings. The molecule has 0 amide bonds. The van der Waals surface area contributed by atoms with E-state index in [1.165, 1.54) is 0 Å². The molecule has 0 saturated carbocycles. The van der Waals surface area contributed by atoms with E-state index in [1.54, 1.807) is 0 Å². The van der Waals surface area contributed by atoms with Crippen LogP contribution in [0.4, 0.5) is 0 Å². The third kappa shape index (κ3) is 7.00. The van der Waals surface area contributed by atoms with Crippen molar-refractivity contribution in [2.24, 2.45) is 0 Å². The van der Waals surface area contributed by atoms with E-state index in [2.05, 4.69) is 97.1 Å². The lowest BCUT2D eigenvalue weighted by atomic mass is 10.00. The maximum absolute atomic E-state index is 6.68. The van der Waals surface area contributed by atoms with E-state index in [0.717, 1.165) is 82.2 Å². The van der Waals surface area contributed by atoms with Gasteiger partial charge in [0.05, 0.1) is 44.8 Å². The fourth-order valence-electron chi connectivity index (χ4n) is 9.74. The van der Waals surface area contributed by atoms with Crippen molar-refractivity contribution in [3.8, 4) is 79.3 Å². The van der Waals surface area contributed by atoms with Crippen molar-refractivity contribution in [3.05, 3.63) is 213 Å². The van der Waals surface area contributed by atoms with Gasteiger partial charge in [-0.1, -0.05) is 127 Å². The van der Waals surface area contributed by atoms with E-state index in [9.17, 15) is 0 Å². The number of rotatable bonds is 7. The number of nitrogens with zero attached hydrogens (tertiary/aromatic N) is 9. The molecule has 0 unspecified atom stereocenters. The van der Waals surface area contributed by atoms with Crippen molar-refractivity contribution < 1.29 is 4.42 Å². The van der Waals surface area contributed by atoms with Crippen LogP contribution in [0.3, 0.4) is 0 Å². The highest BCUT2D eigenvalue weighted by Gasteiger charge is 2.22. The number of hydrogen-bond acceptors (Lipinski definition) is 10. The molecule has 7 aromatic heterocycles. The first kappa shape index (κ1) is 40.2. The fourth-order valence-corrected chi connectivity index (χ4v) is 9.74. The molecule has 7 heterocycles. The molecule has 0 fully saturated rings. The minimum Gasteiger partial charge on any atom is -0.436 e. The number of hydrogen-bond donors (Lipinski definition) is 0. The molecule has 71 heavy (non-hydrogen) atoms. The van der Waals surface area contributed by atoms with Crippen molar-refractivity contribution in [1.82, 2.24) is 44.9 Å². The molecule has 0 N–H and O–H groups in total. The Hall–Kier alpha value is -9.93. The van der Waals surface area contributed by atoms with Gasteiger partial charge in [0.15, 0.2) is 17.2 Å². The van der Waals surface area contributed by atoms with Gasteiger partial charge in [-0.15, -0.1) is 0 Å². The first-order chi connectivity index (χ1) is 35.1. The summed E-state index contributed by atoms with van der Waals surface area (Å²) in [5, 5.41) is 6.08. The van der Waals surface area contributed by atoms with Gasteiger partial charge in [0.25, 0.3) is 0 Å². The quantitative estimate of drug-likeness (QED) is 0.152. The van der Waals surface area contributed by atoms with Gasteiger partial charge >= 0.3 is 0 Å². The lowest BCUT2D eigenvalue weighted by Crippen LogP contribution is -2.00. The summed E-state index contributed by atoms with van der Waals surface area (Å²) in [7, 11) is 0. The zero-order valence-corrected chi connectivity index (χ0v) is 37.6. The Kier molecular flexibility index (Phi) is 9.27. The number of benzene rings is 7. The summed E-state index contributed by atoms with van der Waals surface area (Å²) in [6.07, 6.45) is 7.25. The van der Waals surface area contributed by atoms with Crippen LogP contribution in [0.1, 0.15) is 0 Å². The zero-order chi connectivity index (χ0) is 46.8. The summed E-state index contributed by atoms with van der Waals surface area (Å²) >= 11 is 0. The molecule has 0 spiro atoms. The number of para-hydroxylation sites is 4. The van der Waals surface area contributed by atoms with Gasteiger partial charge in [0.1, 0.15) is 5.52 Å². The second-order valence-corrected chi connectivity index (χ2v) is 17.4. The summed E-state index contributed by atoms with van der Waals surface area (Å²) in [5.41, 5.74) is 13.2. The van der Waals surface area contributed by atoms with Gasteiger partial charge in [0, 0.05) is 90.7 Å². The van der Waals surface area contributed by atoms with Gasteiger partial charge in [-0.05, 0) is 66.0 Å². The van der Waals surface area contributed by atoms with Crippen LogP contribution in [0.15, 0.2) is 217 Å². The smallest absolute Gasteiger partial charge is 0.227 e. The van der Waals surface area contributed by atoms with E-state index in [-0.39, 0.29) is 0 Å². The van der Waals surface area contributed by atoms with Crippen LogP contribution in [0.2, 0.25) is 0 Å². The van der Waals surface area contributed by atoms with E-state index in [0.29, 0.717) is 62.6 Å². The minimum atomic E-state index is 0.431. The molecule has 0 saturated heterocycles.